The summed E-state index contributed by atoms with van der Waals surface area (Å²) in [5, 5.41) is 2.09. The number of alkyl halides is 3. The number of hydrogen-bond acceptors (Lipinski definition) is 3. The van der Waals surface area contributed by atoms with Gasteiger partial charge in [-0.1, -0.05) is 6.07 Å². The first-order chi connectivity index (χ1) is 8.74. The Labute approximate surface area is 109 Å². The van der Waals surface area contributed by atoms with E-state index in [1.165, 1.54) is 7.11 Å². The third-order valence-electron chi connectivity index (χ3n) is 2.55. The maximum Gasteiger partial charge on any atom is 0.401 e. The molecule has 0 atom stereocenters. The van der Waals surface area contributed by atoms with Crippen LogP contribution in [-0.2, 0) is 0 Å². The van der Waals surface area contributed by atoms with E-state index >= 15 is 0 Å². The van der Waals surface area contributed by atoms with Gasteiger partial charge in [0.25, 0.3) is 0 Å². The Morgan fingerprint density at radius 1 is 1.32 bits per heavy atom. The average molecular weight is 275 g/mol. The molecule has 0 aliphatic heterocycles. The standard InChI is InChI=1S/C13H16F3NO2/c1-8-4-9(2)12(11(5-8)19-3)10(18)6-17-7-13(14,15)16/h4-5,17H,6-7H2,1-3H3. The summed E-state index contributed by atoms with van der Waals surface area (Å²) in [4.78, 5) is 11.9. The number of methoxy groups -OCH3 is 1. The molecule has 0 unspecified atom stereocenters. The van der Waals surface area contributed by atoms with Crippen LogP contribution in [0.5, 0.6) is 5.75 Å². The molecule has 0 aliphatic rings. The zero-order valence-corrected chi connectivity index (χ0v) is 11.0. The van der Waals surface area contributed by atoms with Gasteiger partial charge >= 0.3 is 6.18 Å². The summed E-state index contributed by atoms with van der Waals surface area (Å²) in [6.07, 6.45) is -4.33. The number of nitrogens with one attached hydrogen (secondary N) is 1. The zero-order chi connectivity index (χ0) is 14.6. The second-order valence-corrected chi connectivity index (χ2v) is 4.30. The predicted molar refractivity (Wildman–Crippen MR) is 65.7 cm³/mol. The lowest BCUT2D eigenvalue weighted by atomic mass is 10.0. The van der Waals surface area contributed by atoms with Crippen molar-refractivity contribution in [3.05, 3.63) is 28.8 Å². The van der Waals surface area contributed by atoms with Crippen LogP contribution in [0.2, 0.25) is 0 Å². The van der Waals surface area contributed by atoms with Crippen molar-refractivity contribution in [1.29, 1.82) is 0 Å². The van der Waals surface area contributed by atoms with E-state index in [4.69, 9.17) is 4.74 Å². The first kappa shape index (κ1) is 15.5. The summed E-state index contributed by atoms with van der Waals surface area (Å²) in [7, 11) is 1.42. The molecule has 3 nitrogen and oxygen atoms in total. The fraction of sp³-hybridized carbons (Fsp3) is 0.462. The molecule has 0 amide bonds. The maximum absolute atomic E-state index is 12.0. The van der Waals surface area contributed by atoms with Crippen LogP contribution in [0, 0.1) is 13.8 Å². The number of ether oxygens (including phenoxy) is 1. The lowest BCUT2D eigenvalue weighted by molar-refractivity contribution is -0.124. The van der Waals surface area contributed by atoms with Crippen molar-refractivity contribution in [3.8, 4) is 5.75 Å². The van der Waals surface area contributed by atoms with Crippen molar-refractivity contribution in [1.82, 2.24) is 5.32 Å². The Morgan fingerprint density at radius 2 is 1.95 bits per heavy atom. The molecule has 6 heteroatoms. The molecule has 1 rings (SSSR count). The molecule has 1 aromatic carbocycles. The van der Waals surface area contributed by atoms with Crippen LogP contribution in [0.4, 0.5) is 13.2 Å². The number of Topliss-reactive ketones (excluding diaryl/α,β-unsaturated/α-hetero) is 1. The Kier molecular flexibility index (Phi) is 4.94. The SMILES string of the molecule is COc1cc(C)cc(C)c1C(=O)CNCC(F)(F)F. The minimum absolute atomic E-state index is 0.322. The summed E-state index contributed by atoms with van der Waals surface area (Å²) in [6, 6.07) is 3.48. The molecule has 0 saturated carbocycles. The minimum atomic E-state index is -4.33. The van der Waals surface area contributed by atoms with E-state index in [1.54, 1.807) is 19.1 Å². The predicted octanol–water partition coefficient (Wildman–Crippen LogP) is 2.65. The van der Waals surface area contributed by atoms with Gasteiger partial charge in [0.05, 0.1) is 25.8 Å². The quantitative estimate of drug-likeness (QED) is 0.840. The second-order valence-electron chi connectivity index (χ2n) is 4.30. The summed E-state index contributed by atoms with van der Waals surface area (Å²) < 4.78 is 41.1. The lowest BCUT2D eigenvalue weighted by Crippen LogP contribution is -2.33. The van der Waals surface area contributed by atoms with Crippen molar-refractivity contribution in [2.75, 3.05) is 20.2 Å². The molecule has 0 aromatic heterocycles. The fourth-order valence-electron chi connectivity index (χ4n) is 1.85. The van der Waals surface area contributed by atoms with Crippen molar-refractivity contribution >= 4 is 5.78 Å². The molecule has 0 saturated heterocycles. The summed E-state index contributed by atoms with van der Waals surface area (Å²) in [5.74, 6) is -0.0325. The smallest absolute Gasteiger partial charge is 0.401 e. The van der Waals surface area contributed by atoms with Gasteiger partial charge in [-0.25, -0.2) is 0 Å². The Bertz CT molecular complexity index is 470. The van der Waals surface area contributed by atoms with Gasteiger partial charge < -0.3 is 10.1 Å². The van der Waals surface area contributed by atoms with Crippen molar-refractivity contribution in [3.63, 3.8) is 0 Å². The summed E-state index contributed by atoms with van der Waals surface area (Å²) >= 11 is 0. The van der Waals surface area contributed by atoms with Crippen LogP contribution in [-0.4, -0.2) is 32.2 Å². The third-order valence-corrected chi connectivity index (χ3v) is 2.55. The number of carbonyl (C=O) groups excluding carboxylic acids is 1. The van der Waals surface area contributed by atoms with Crippen LogP contribution >= 0.6 is 0 Å². The van der Waals surface area contributed by atoms with E-state index < -0.39 is 18.5 Å². The van der Waals surface area contributed by atoms with Crippen LogP contribution in [0.25, 0.3) is 0 Å². The molecular formula is C13H16F3NO2. The van der Waals surface area contributed by atoms with Crippen molar-refractivity contribution < 1.29 is 22.7 Å². The monoisotopic (exact) mass is 275 g/mol. The first-order valence-electron chi connectivity index (χ1n) is 5.70. The molecule has 0 radical (unpaired) electrons. The Morgan fingerprint density at radius 3 is 2.47 bits per heavy atom. The van der Waals surface area contributed by atoms with Gasteiger partial charge in [0.1, 0.15) is 5.75 Å². The van der Waals surface area contributed by atoms with Crippen LogP contribution in [0.3, 0.4) is 0 Å². The van der Waals surface area contributed by atoms with E-state index in [-0.39, 0.29) is 6.54 Å². The third kappa shape index (κ3) is 4.55. The second kappa shape index (κ2) is 6.06. The maximum atomic E-state index is 12.0. The van der Waals surface area contributed by atoms with Crippen molar-refractivity contribution in [2.24, 2.45) is 0 Å². The highest BCUT2D eigenvalue weighted by molar-refractivity contribution is 6.01. The molecule has 106 valence electrons. The van der Waals surface area contributed by atoms with E-state index in [2.05, 4.69) is 5.32 Å². The van der Waals surface area contributed by atoms with Gasteiger partial charge in [-0.05, 0) is 31.0 Å². The number of rotatable bonds is 5. The molecule has 0 aliphatic carbocycles. The van der Waals surface area contributed by atoms with E-state index in [1.807, 2.05) is 6.92 Å². The van der Waals surface area contributed by atoms with Crippen LogP contribution < -0.4 is 10.1 Å². The number of carbonyl (C=O) groups is 1. The van der Waals surface area contributed by atoms with Gasteiger partial charge in [-0.15, -0.1) is 0 Å². The van der Waals surface area contributed by atoms with E-state index in [0.29, 0.717) is 16.9 Å². The first-order valence-corrected chi connectivity index (χ1v) is 5.70. The number of ketones is 1. The number of halogens is 3. The highest BCUT2D eigenvalue weighted by Crippen LogP contribution is 2.24. The van der Waals surface area contributed by atoms with Gasteiger partial charge in [-0.3, -0.25) is 4.79 Å². The van der Waals surface area contributed by atoms with Gasteiger partial charge in [0.2, 0.25) is 0 Å². The fourth-order valence-corrected chi connectivity index (χ4v) is 1.85. The average Bonchev–Trinajstić information content (AvgIpc) is 2.25. The highest BCUT2D eigenvalue weighted by Gasteiger charge is 2.27. The summed E-state index contributed by atoms with van der Waals surface area (Å²) in [6.45, 7) is 2.02. The molecule has 0 fully saturated rings. The number of hydrogen-bond donors (Lipinski definition) is 1. The van der Waals surface area contributed by atoms with Crippen LogP contribution in [0.15, 0.2) is 12.1 Å². The Hall–Kier alpha value is -1.56. The molecule has 1 aromatic rings. The van der Waals surface area contributed by atoms with Gasteiger partial charge in [0, 0.05) is 0 Å². The van der Waals surface area contributed by atoms with E-state index in [9.17, 15) is 18.0 Å². The topological polar surface area (TPSA) is 38.3 Å². The normalized spacial score (nSPS) is 11.5. The van der Waals surface area contributed by atoms with Crippen LogP contribution in [0.1, 0.15) is 21.5 Å². The molecule has 0 heterocycles. The largest absolute Gasteiger partial charge is 0.496 e. The Balaban J connectivity index is 2.82. The van der Waals surface area contributed by atoms with Gasteiger partial charge in [-0.2, -0.15) is 13.2 Å². The summed E-state index contributed by atoms with van der Waals surface area (Å²) in [5.41, 5.74) is 1.94. The molecule has 0 spiro atoms. The minimum Gasteiger partial charge on any atom is -0.496 e. The lowest BCUT2D eigenvalue weighted by Gasteiger charge is -2.13. The zero-order valence-electron chi connectivity index (χ0n) is 11.0. The molecule has 0 bridgehead atoms. The number of aryl methyl sites for hydroxylation is 2. The number of benzene rings is 1. The van der Waals surface area contributed by atoms with E-state index in [0.717, 1.165) is 5.56 Å². The molecular weight excluding hydrogens is 259 g/mol. The molecule has 1 N–H and O–H groups in total. The highest BCUT2D eigenvalue weighted by atomic mass is 19.4. The molecule has 19 heavy (non-hydrogen) atoms. The van der Waals surface area contributed by atoms with Gasteiger partial charge in [0.15, 0.2) is 5.78 Å². The van der Waals surface area contributed by atoms with Crippen molar-refractivity contribution in [2.45, 2.75) is 20.0 Å².